The first-order valence-corrected chi connectivity index (χ1v) is 7.28. The van der Waals surface area contributed by atoms with Gasteiger partial charge in [-0.15, -0.1) is 0 Å². The zero-order chi connectivity index (χ0) is 15.0. The molecule has 0 heterocycles. The third-order valence-electron chi connectivity index (χ3n) is 3.10. The molecule has 1 aromatic rings. The second-order valence-electron chi connectivity index (χ2n) is 4.78. The monoisotopic (exact) mass is 296 g/mol. The lowest BCUT2D eigenvalue weighted by atomic mass is 10.1. The highest BCUT2D eigenvalue weighted by atomic mass is 35.5. The van der Waals surface area contributed by atoms with Crippen molar-refractivity contribution in [2.45, 2.75) is 45.1 Å². The minimum absolute atomic E-state index is 0.305. The van der Waals surface area contributed by atoms with Crippen molar-refractivity contribution in [1.82, 2.24) is 5.32 Å². The Morgan fingerprint density at radius 2 is 1.85 bits per heavy atom. The molecule has 4 nitrogen and oxygen atoms in total. The second kappa shape index (κ2) is 8.59. The first-order chi connectivity index (χ1) is 9.54. The molecule has 0 aliphatic heterocycles. The Morgan fingerprint density at radius 1 is 1.20 bits per heavy atom. The molecule has 1 atom stereocenters. The average Bonchev–Trinajstić information content (AvgIpc) is 2.42. The van der Waals surface area contributed by atoms with Crippen molar-refractivity contribution in [3.63, 3.8) is 0 Å². The lowest BCUT2D eigenvalue weighted by Gasteiger charge is -2.15. The molecule has 0 aliphatic carbocycles. The van der Waals surface area contributed by atoms with Crippen molar-refractivity contribution in [2.75, 3.05) is 0 Å². The molecule has 0 aromatic heterocycles. The molecule has 0 unspecified atom stereocenters. The summed E-state index contributed by atoms with van der Waals surface area (Å²) >= 11 is 5.76. The number of nitrogens with two attached hydrogens (primary N) is 1. The van der Waals surface area contributed by atoms with Gasteiger partial charge in [-0.05, 0) is 30.7 Å². The number of carbonyl (C=O) groups excluding carboxylic acids is 2. The fourth-order valence-corrected chi connectivity index (χ4v) is 2.03. The lowest BCUT2D eigenvalue weighted by Crippen LogP contribution is -2.44. The Hall–Kier alpha value is -1.55. The van der Waals surface area contributed by atoms with E-state index < -0.39 is 11.9 Å². The summed E-state index contributed by atoms with van der Waals surface area (Å²) < 4.78 is 0. The van der Waals surface area contributed by atoms with Crippen molar-refractivity contribution >= 4 is 23.4 Å². The highest BCUT2D eigenvalue weighted by molar-refractivity contribution is 6.30. The molecular formula is C15H21ClN2O2. The quantitative estimate of drug-likeness (QED) is 0.724. The van der Waals surface area contributed by atoms with E-state index in [9.17, 15) is 9.59 Å². The number of benzene rings is 1. The van der Waals surface area contributed by atoms with Crippen LogP contribution < -0.4 is 11.1 Å². The normalized spacial score (nSPS) is 11.9. The molecule has 0 fully saturated rings. The smallest absolute Gasteiger partial charge is 0.251 e. The van der Waals surface area contributed by atoms with E-state index in [0.29, 0.717) is 17.0 Å². The fraction of sp³-hybridized carbons (Fsp3) is 0.467. The van der Waals surface area contributed by atoms with Gasteiger partial charge < -0.3 is 11.1 Å². The van der Waals surface area contributed by atoms with Crippen LogP contribution in [-0.4, -0.2) is 17.9 Å². The molecular weight excluding hydrogens is 276 g/mol. The molecule has 0 bridgehead atoms. The first kappa shape index (κ1) is 16.5. The number of rotatable bonds is 8. The molecule has 0 spiro atoms. The summed E-state index contributed by atoms with van der Waals surface area (Å²) in [7, 11) is 0. The zero-order valence-corrected chi connectivity index (χ0v) is 12.5. The number of amides is 2. The van der Waals surface area contributed by atoms with Crippen LogP contribution in [0.5, 0.6) is 0 Å². The number of hydrogen-bond donors (Lipinski definition) is 2. The summed E-state index contributed by atoms with van der Waals surface area (Å²) in [6.45, 7) is 2.12. The minimum atomic E-state index is -0.616. The molecule has 1 aromatic carbocycles. The molecule has 0 radical (unpaired) electrons. The number of hydrogen-bond acceptors (Lipinski definition) is 2. The second-order valence-corrected chi connectivity index (χ2v) is 5.22. The summed E-state index contributed by atoms with van der Waals surface area (Å²) in [6, 6.07) is 5.89. The topological polar surface area (TPSA) is 72.2 Å². The Bertz CT molecular complexity index is 446. The maximum atomic E-state index is 12.0. The van der Waals surface area contributed by atoms with Gasteiger partial charge in [-0.2, -0.15) is 0 Å². The van der Waals surface area contributed by atoms with Gasteiger partial charge in [-0.3, -0.25) is 9.59 Å². The molecule has 5 heteroatoms. The number of unbranched alkanes of at least 4 members (excludes halogenated alkanes) is 3. The van der Waals surface area contributed by atoms with Crippen LogP contribution in [0.25, 0.3) is 0 Å². The van der Waals surface area contributed by atoms with Crippen LogP contribution in [0.3, 0.4) is 0 Å². The van der Waals surface area contributed by atoms with Gasteiger partial charge in [0.25, 0.3) is 5.91 Å². The van der Waals surface area contributed by atoms with Gasteiger partial charge in [0.2, 0.25) is 5.91 Å². The highest BCUT2D eigenvalue weighted by Gasteiger charge is 2.18. The van der Waals surface area contributed by atoms with E-state index in [4.69, 9.17) is 17.3 Å². The number of nitrogens with one attached hydrogen (secondary N) is 1. The minimum Gasteiger partial charge on any atom is -0.368 e. The maximum absolute atomic E-state index is 12.0. The van der Waals surface area contributed by atoms with Gasteiger partial charge in [0, 0.05) is 10.6 Å². The SMILES string of the molecule is CCCCCC[C@@H](NC(=O)c1ccc(Cl)cc1)C(N)=O. The van der Waals surface area contributed by atoms with Gasteiger partial charge in [-0.25, -0.2) is 0 Å². The molecule has 2 amide bonds. The Kier molecular flexibility index (Phi) is 7.09. The Morgan fingerprint density at radius 3 is 2.40 bits per heavy atom. The van der Waals surface area contributed by atoms with E-state index in [0.717, 1.165) is 25.7 Å². The van der Waals surface area contributed by atoms with Gasteiger partial charge in [-0.1, -0.05) is 44.2 Å². The van der Waals surface area contributed by atoms with Crippen molar-refractivity contribution in [3.05, 3.63) is 34.9 Å². The summed E-state index contributed by atoms with van der Waals surface area (Å²) in [5.74, 6) is -0.801. The van der Waals surface area contributed by atoms with Gasteiger partial charge >= 0.3 is 0 Å². The maximum Gasteiger partial charge on any atom is 0.251 e. The van der Waals surface area contributed by atoms with Crippen LogP contribution in [0.15, 0.2) is 24.3 Å². The lowest BCUT2D eigenvalue weighted by molar-refractivity contribution is -0.120. The predicted octanol–water partition coefficient (Wildman–Crippen LogP) is 2.89. The molecule has 0 aliphatic rings. The fourth-order valence-electron chi connectivity index (χ4n) is 1.90. The van der Waals surface area contributed by atoms with Crippen LogP contribution in [0, 0.1) is 0 Å². The molecule has 1 rings (SSSR count). The van der Waals surface area contributed by atoms with Crippen LogP contribution in [-0.2, 0) is 4.79 Å². The van der Waals surface area contributed by atoms with Gasteiger partial charge in [0.05, 0.1) is 0 Å². The summed E-state index contributed by atoms with van der Waals surface area (Å²) in [6.07, 6.45) is 4.74. The van der Waals surface area contributed by atoms with Crippen LogP contribution >= 0.6 is 11.6 Å². The largest absolute Gasteiger partial charge is 0.368 e. The summed E-state index contributed by atoms with van der Waals surface area (Å²) in [5.41, 5.74) is 5.79. The standard InChI is InChI=1S/C15H21ClN2O2/c1-2-3-4-5-6-13(14(17)19)18-15(20)11-7-9-12(16)10-8-11/h7-10,13H,2-6H2,1H3,(H2,17,19)(H,18,20)/t13-/m1/s1. The molecule has 0 saturated heterocycles. The van der Waals surface area contributed by atoms with E-state index in [1.807, 2.05) is 0 Å². The van der Waals surface area contributed by atoms with E-state index >= 15 is 0 Å². The van der Waals surface area contributed by atoms with Crippen LogP contribution in [0.4, 0.5) is 0 Å². The zero-order valence-electron chi connectivity index (χ0n) is 11.7. The Labute approximate surface area is 124 Å². The number of halogens is 1. The van der Waals surface area contributed by atoms with E-state index in [1.165, 1.54) is 0 Å². The average molecular weight is 297 g/mol. The Balaban J connectivity index is 2.54. The van der Waals surface area contributed by atoms with Gasteiger partial charge in [0.1, 0.15) is 6.04 Å². The van der Waals surface area contributed by atoms with Crippen LogP contribution in [0.1, 0.15) is 49.4 Å². The third kappa shape index (κ3) is 5.61. The van der Waals surface area contributed by atoms with Crippen molar-refractivity contribution in [3.8, 4) is 0 Å². The molecule has 0 saturated carbocycles. The molecule has 20 heavy (non-hydrogen) atoms. The molecule has 110 valence electrons. The van der Waals surface area contributed by atoms with Gasteiger partial charge in [0.15, 0.2) is 0 Å². The first-order valence-electron chi connectivity index (χ1n) is 6.90. The predicted molar refractivity (Wildman–Crippen MR) is 80.7 cm³/mol. The third-order valence-corrected chi connectivity index (χ3v) is 3.35. The summed E-state index contributed by atoms with van der Waals surface area (Å²) in [4.78, 5) is 23.4. The van der Waals surface area contributed by atoms with E-state index in [2.05, 4.69) is 12.2 Å². The number of primary amides is 1. The van der Waals surface area contributed by atoms with Crippen molar-refractivity contribution in [2.24, 2.45) is 5.73 Å². The van der Waals surface area contributed by atoms with Crippen molar-refractivity contribution < 1.29 is 9.59 Å². The van der Waals surface area contributed by atoms with E-state index in [1.54, 1.807) is 24.3 Å². The highest BCUT2D eigenvalue weighted by Crippen LogP contribution is 2.10. The number of carbonyl (C=O) groups is 2. The molecule has 3 N–H and O–H groups in total. The van der Waals surface area contributed by atoms with Crippen LogP contribution in [0.2, 0.25) is 5.02 Å². The van der Waals surface area contributed by atoms with E-state index in [-0.39, 0.29) is 5.91 Å². The van der Waals surface area contributed by atoms with Crippen molar-refractivity contribution in [1.29, 1.82) is 0 Å². The summed E-state index contributed by atoms with van der Waals surface area (Å²) in [5, 5.41) is 3.24.